The summed E-state index contributed by atoms with van der Waals surface area (Å²) in [5.74, 6) is 1.02. The summed E-state index contributed by atoms with van der Waals surface area (Å²) in [5, 5.41) is 4.19. The van der Waals surface area contributed by atoms with Crippen molar-refractivity contribution in [1.29, 1.82) is 0 Å². The highest BCUT2D eigenvalue weighted by Gasteiger charge is 2.35. The number of carbonyl (C=O) groups is 1. The summed E-state index contributed by atoms with van der Waals surface area (Å²) < 4.78 is 7.70. The average Bonchev–Trinajstić information content (AvgIpc) is 3.47. The van der Waals surface area contributed by atoms with Crippen LogP contribution in [-0.2, 0) is 11.3 Å². The topological polar surface area (TPSA) is 77.0 Å². The summed E-state index contributed by atoms with van der Waals surface area (Å²) >= 11 is 0. The Balaban J connectivity index is 1.39. The Morgan fingerprint density at radius 2 is 2.00 bits per heavy atom. The van der Waals surface area contributed by atoms with Gasteiger partial charge in [-0.3, -0.25) is 4.79 Å². The van der Waals surface area contributed by atoms with Crippen molar-refractivity contribution in [3.8, 4) is 11.4 Å². The van der Waals surface area contributed by atoms with E-state index in [-0.39, 0.29) is 11.8 Å². The predicted octanol–water partition coefficient (Wildman–Crippen LogP) is 4.33. The summed E-state index contributed by atoms with van der Waals surface area (Å²) in [7, 11) is 0. The Bertz CT molecular complexity index is 1210. The van der Waals surface area contributed by atoms with E-state index in [2.05, 4.69) is 26.6 Å². The minimum atomic E-state index is -0.102. The summed E-state index contributed by atoms with van der Waals surface area (Å²) in [6.07, 6.45) is 3.27. The number of imidazole rings is 1. The standard InChI is InChI=1S/C23H23N5O2/c1-3-10-27-14-24-19-9-6-16(11-20(19)27)22-25-23(30-26-22)17-12-21(29)28(13-17)18-7-4-15(2)5-8-18/h4-9,11,14,17H,3,10,12-13H2,1-2H3/t17-/m1/s1. The van der Waals surface area contributed by atoms with Crippen molar-refractivity contribution < 1.29 is 9.32 Å². The number of aromatic nitrogens is 4. The van der Waals surface area contributed by atoms with Crippen molar-refractivity contribution in [2.75, 3.05) is 11.4 Å². The van der Waals surface area contributed by atoms with Crippen LogP contribution in [-0.4, -0.2) is 32.1 Å². The van der Waals surface area contributed by atoms with E-state index in [1.807, 2.05) is 55.7 Å². The second kappa shape index (κ2) is 7.40. The number of anilines is 1. The first-order valence-corrected chi connectivity index (χ1v) is 10.3. The number of carbonyl (C=O) groups excluding carboxylic acids is 1. The molecule has 7 heteroatoms. The van der Waals surface area contributed by atoms with E-state index in [9.17, 15) is 4.79 Å². The van der Waals surface area contributed by atoms with Crippen LogP contribution in [0.2, 0.25) is 0 Å². The quantitative estimate of drug-likeness (QED) is 0.498. The molecule has 1 saturated heterocycles. The van der Waals surface area contributed by atoms with Crippen LogP contribution in [0.5, 0.6) is 0 Å². The second-order valence-electron chi connectivity index (χ2n) is 7.84. The van der Waals surface area contributed by atoms with E-state index in [0.29, 0.717) is 24.7 Å². The SMILES string of the molecule is CCCn1cnc2ccc(-c3noc([C@@H]4CC(=O)N(c5ccc(C)cc5)C4)n3)cc21. The molecule has 3 heterocycles. The molecule has 1 amide bonds. The Hall–Kier alpha value is -3.48. The molecule has 0 aliphatic carbocycles. The maximum atomic E-state index is 12.6. The van der Waals surface area contributed by atoms with Crippen molar-refractivity contribution in [3.63, 3.8) is 0 Å². The fourth-order valence-electron chi connectivity index (χ4n) is 3.98. The first-order valence-electron chi connectivity index (χ1n) is 10.3. The molecule has 2 aromatic carbocycles. The number of fused-ring (bicyclic) bond motifs is 1. The summed E-state index contributed by atoms with van der Waals surface area (Å²) in [4.78, 5) is 23.4. The van der Waals surface area contributed by atoms with E-state index >= 15 is 0 Å². The monoisotopic (exact) mass is 401 g/mol. The lowest BCUT2D eigenvalue weighted by molar-refractivity contribution is -0.117. The van der Waals surface area contributed by atoms with E-state index in [1.54, 1.807) is 4.90 Å². The minimum Gasteiger partial charge on any atom is -0.339 e. The molecule has 1 atom stereocenters. The van der Waals surface area contributed by atoms with Crippen LogP contribution in [0.1, 0.15) is 37.1 Å². The van der Waals surface area contributed by atoms with Gasteiger partial charge in [0.25, 0.3) is 0 Å². The van der Waals surface area contributed by atoms with Crippen LogP contribution in [0.15, 0.2) is 53.3 Å². The summed E-state index contributed by atoms with van der Waals surface area (Å²) in [6.45, 7) is 5.64. The van der Waals surface area contributed by atoms with Crippen molar-refractivity contribution in [1.82, 2.24) is 19.7 Å². The van der Waals surface area contributed by atoms with Crippen molar-refractivity contribution in [3.05, 3.63) is 60.2 Å². The molecule has 0 radical (unpaired) electrons. The van der Waals surface area contributed by atoms with Crippen LogP contribution in [0.4, 0.5) is 5.69 Å². The van der Waals surface area contributed by atoms with Crippen LogP contribution >= 0.6 is 0 Å². The molecule has 1 aliphatic heterocycles. The summed E-state index contributed by atoms with van der Waals surface area (Å²) in [5.41, 5.74) is 4.96. The molecular formula is C23H23N5O2. The number of aryl methyl sites for hydroxylation is 2. The molecule has 0 unspecified atom stereocenters. The van der Waals surface area contributed by atoms with Crippen LogP contribution in [0, 0.1) is 6.92 Å². The van der Waals surface area contributed by atoms with E-state index in [4.69, 9.17) is 4.52 Å². The maximum absolute atomic E-state index is 12.6. The highest BCUT2D eigenvalue weighted by molar-refractivity contribution is 5.96. The first kappa shape index (κ1) is 18.5. The fourth-order valence-corrected chi connectivity index (χ4v) is 3.98. The highest BCUT2D eigenvalue weighted by Crippen LogP contribution is 2.32. The Morgan fingerprint density at radius 3 is 2.80 bits per heavy atom. The lowest BCUT2D eigenvalue weighted by Crippen LogP contribution is -2.24. The molecule has 2 aromatic heterocycles. The first-order chi connectivity index (χ1) is 14.6. The molecule has 1 fully saturated rings. The fraction of sp³-hybridized carbons (Fsp3) is 0.304. The number of rotatable bonds is 5. The molecule has 1 aliphatic rings. The van der Waals surface area contributed by atoms with Crippen molar-refractivity contribution in [2.45, 2.75) is 39.2 Å². The van der Waals surface area contributed by atoms with Gasteiger partial charge in [0.15, 0.2) is 0 Å². The van der Waals surface area contributed by atoms with Crippen LogP contribution in [0.25, 0.3) is 22.4 Å². The van der Waals surface area contributed by atoms with Crippen molar-refractivity contribution in [2.24, 2.45) is 0 Å². The lowest BCUT2D eigenvalue weighted by atomic mass is 10.1. The van der Waals surface area contributed by atoms with Gasteiger partial charge in [-0.15, -0.1) is 0 Å². The van der Waals surface area contributed by atoms with Gasteiger partial charge in [0.2, 0.25) is 17.6 Å². The third-order valence-corrected chi connectivity index (χ3v) is 5.61. The second-order valence-corrected chi connectivity index (χ2v) is 7.84. The van der Waals surface area contributed by atoms with Gasteiger partial charge in [0.05, 0.1) is 23.3 Å². The molecule has 0 spiro atoms. The number of hydrogen-bond donors (Lipinski definition) is 0. The highest BCUT2D eigenvalue weighted by atomic mass is 16.5. The van der Waals surface area contributed by atoms with Gasteiger partial charge in [-0.2, -0.15) is 4.98 Å². The Morgan fingerprint density at radius 1 is 1.17 bits per heavy atom. The molecule has 0 N–H and O–H groups in total. The normalized spacial score (nSPS) is 16.7. The lowest BCUT2D eigenvalue weighted by Gasteiger charge is -2.16. The largest absolute Gasteiger partial charge is 0.339 e. The van der Waals surface area contributed by atoms with Gasteiger partial charge < -0.3 is 14.0 Å². The van der Waals surface area contributed by atoms with Crippen molar-refractivity contribution >= 4 is 22.6 Å². The van der Waals surface area contributed by atoms with E-state index in [0.717, 1.165) is 35.2 Å². The molecule has 152 valence electrons. The third-order valence-electron chi connectivity index (χ3n) is 5.61. The molecular weight excluding hydrogens is 378 g/mol. The predicted molar refractivity (Wildman–Crippen MR) is 114 cm³/mol. The van der Waals surface area contributed by atoms with E-state index < -0.39 is 0 Å². The molecule has 5 rings (SSSR count). The average molecular weight is 401 g/mol. The van der Waals surface area contributed by atoms with Crippen LogP contribution in [0.3, 0.4) is 0 Å². The zero-order valence-electron chi connectivity index (χ0n) is 17.1. The van der Waals surface area contributed by atoms with Crippen LogP contribution < -0.4 is 4.90 Å². The van der Waals surface area contributed by atoms with Gasteiger partial charge in [-0.25, -0.2) is 4.98 Å². The molecule has 0 bridgehead atoms. The molecule has 7 nitrogen and oxygen atoms in total. The minimum absolute atomic E-state index is 0.0773. The number of nitrogens with zero attached hydrogens (tertiary/aromatic N) is 5. The zero-order valence-corrected chi connectivity index (χ0v) is 17.1. The number of benzene rings is 2. The smallest absolute Gasteiger partial charge is 0.232 e. The molecule has 4 aromatic rings. The zero-order chi connectivity index (χ0) is 20.7. The number of amides is 1. The van der Waals surface area contributed by atoms with Gasteiger partial charge in [-0.05, 0) is 43.7 Å². The Labute approximate surface area is 174 Å². The maximum Gasteiger partial charge on any atom is 0.232 e. The Kier molecular flexibility index (Phi) is 4.58. The van der Waals surface area contributed by atoms with Gasteiger partial charge in [0, 0.05) is 30.8 Å². The van der Waals surface area contributed by atoms with Gasteiger partial charge >= 0.3 is 0 Å². The summed E-state index contributed by atoms with van der Waals surface area (Å²) in [6, 6.07) is 14.0. The molecule has 0 saturated carbocycles. The van der Waals surface area contributed by atoms with Gasteiger partial charge in [0.1, 0.15) is 0 Å². The molecule has 30 heavy (non-hydrogen) atoms. The third kappa shape index (κ3) is 3.26. The van der Waals surface area contributed by atoms with E-state index in [1.165, 1.54) is 5.56 Å². The van der Waals surface area contributed by atoms with Gasteiger partial charge in [-0.1, -0.05) is 29.8 Å². The number of hydrogen-bond acceptors (Lipinski definition) is 5.